The zero-order valence-corrected chi connectivity index (χ0v) is 21.8. The third-order valence-electron chi connectivity index (χ3n) is 5.95. The number of benzene rings is 3. The number of aryl methyl sites for hydroxylation is 1. The lowest BCUT2D eigenvalue weighted by Gasteiger charge is -2.31. The molecule has 0 saturated heterocycles. The van der Waals surface area contributed by atoms with Crippen LogP contribution in [0.5, 0.6) is 0 Å². The summed E-state index contributed by atoms with van der Waals surface area (Å²) >= 11 is 0. The Hall–Kier alpha value is -3.17. The summed E-state index contributed by atoms with van der Waals surface area (Å²) in [6.45, 7) is 0.953. The molecule has 242 valence electrons. The maximum absolute atomic E-state index is 14.3. The van der Waals surface area contributed by atoms with Gasteiger partial charge in [0.15, 0.2) is 0 Å². The van der Waals surface area contributed by atoms with Gasteiger partial charge in [0.25, 0.3) is 0 Å². The molecule has 0 spiro atoms. The van der Waals surface area contributed by atoms with Gasteiger partial charge >= 0.3 is 37.1 Å². The van der Waals surface area contributed by atoms with Gasteiger partial charge in [-0.25, -0.2) is 0 Å². The van der Waals surface area contributed by atoms with Gasteiger partial charge in [-0.15, -0.1) is 0 Å². The molecule has 0 aliphatic heterocycles. The van der Waals surface area contributed by atoms with Crippen LogP contribution in [0.15, 0.2) is 48.5 Å². The van der Waals surface area contributed by atoms with Crippen molar-refractivity contribution < 1.29 is 79.0 Å². The predicted molar refractivity (Wildman–Crippen MR) is 120 cm³/mol. The van der Waals surface area contributed by atoms with Gasteiger partial charge in [0.2, 0.25) is 0 Å². The molecular formula is C25H11F18P. The Bertz CT molecular complexity index is 1440. The van der Waals surface area contributed by atoms with Crippen molar-refractivity contribution in [2.24, 2.45) is 0 Å². The van der Waals surface area contributed by atoms with Crippen molar-refractivity contribution in [2.45, 2.75) is 44.0 Å². The van der Waals surface area contributed by atoms with E-state index in [0.29, 0.717) is 6.07 Å². The van der Waals surface area contributed by atoms with Gasteiger partial charge in [0.1, 0.15) is 0 Å². The van der Waals surface area contributed by atoms with Gasteiger partial charge in [-0.2, -0.15) is 79.0 Å². The summed E-state index contributed by atoms with van der Waals surface area (Å²) in [5, 5.41) is -4.76. The van der Waals surface area contributed by atoms with E-state index >= 15 is 0 Å². The van der Waals surface area contributed by atoms with E-state index in [0.717, 1.165) is 25.1 Å². The molecule has 44 heavy (non-hydrogen) atoms. The fraction of sp³-hybridized carbons (Fsp3) is 0.280. The summed E-state index contributed by atoms with van der Waals surface area (Å²) in [6.07, 6.45) is -38.1. The first-order valence-electron chi connectivity index (χ1n) is 11.2. The first-order valence-corrected chi connectivity index (χ1v) is 12.6. The summed E-state index contributed by atoms with van der Waals surface area (Å²) in [7, 11) is -4.03. The Balaban J connectivity index is 2.76. The molecule has 0 bridgehead atoms. The number of hydrogen-bond donors (Lipinski definition) is 0. The zero-order chi connectivity index (χ0) is 34.0. The second-order valence-electron chi connectivity index (χ2n) is 8.87. The molecule has 0 aliphatic rings. The molecular weight excluding hydrogens is 673 g/mol. The van der Waals surface area contributed by atoms with E-state index in [1.165, 1.54) is 0 Å². The van der Waals surface area contributed by atoms with E-state index < -0.39 is 106 Å². The van der Waals surface area contributed by atoms with Crippen molar-refractivity contribution in [3.05, 3.63) is 87.5 Å². The summed E-state index contributed by atoms with van der Waals surface area (Å²) in [5.41, 5.74) is -19.3. The molecule has 0 aliphatic carbocycles. The smallest absolute Gasteiger partial charge is 0.166 e. The lowest BCUT2D eigenvalue weighted by Crippen LogP contribution is -2.36. The van der Waals surface area contributed by atoms with Crippen LogP contribution in [0.4, 0.5) is 79.0 Å². The van der Waals surface area contributed by atoms with Crippen molar-refractivity contribution >= 4 is 23.8 Å². The molecule has 3 aromatic carbocycles. The summed E-state index contributed by atoms with van der Waals surface area (Å²) in [6, 6.07) is 2.00. The van der Waals surface area contributed by atoms with Gasteiger partial charge < -0.3 is 0 Å². The Kier molecular flexibility index (Phi) is 8.84. The number of hydrogen-bond acceptors (Lipinski definition) is 0. The lowest BCUT2D eigenvalue weighted by molar-refractivity contribution is -0.174. The standard InChI is InChI=1S/C25H11F18P/c1-10-4-2-3-5-13(10)44(14-8-6-11(20(26,27)28)16(22(32,33)34)18(14)24(38,39)40)15-9-7-12(21(29,30)31)17(23(35,36)37)19(15)25(41,42)43/h2-9H,1H3. The van der Waals surface area contributed by atoms with Crippen molar-refractivity contribution in [1.29, 1.82) is 0 Å². The molecule has 0 aromatic heterocycles. The molecule has 3 aromatic rings. The van der Waals surface area contributed by atoms with Gasteiger partial charge in [-0.05, 0) is 48.5 Å². The third kappa shape index (κ3) is 6.89. The summed E-state index contributed by atoms with van der Waals surface area (Å²) in [5.74, 6) is 0. The molecule has 0 atom stereocenters. The quantitative estimate of drug-likeness (QED) is 0.191. The normalized spacial score (nSPS) is 14.0. The minimum Gasteiger partial charge on any atom is -0.166 e. The van der Waals surface area contributed by atoms with E-state index in [1.807, 2.05) is 0 Å². The molecule has 0 nitrogen and oxygen atoms in total. The fourth-order valence-electron chi connectivity index (χ4n) is 4.39. The average molecular weight is 684 g/mol. The highest BCUT2D eigenvalue weighted by Crippen LogP contribution is 2.53. The van der Waals surface area contributed by atoms with Gasteiger partial charge in [-0.1, -0.05) is 36.4 Å². The Morgan fingerprint density at radius 1 is 0.364 bits per heavy atom. The Morgan fingerprint density at radius 3 is 0.955 bits per heavy atom. The molecule has 0 unspecified atom stereocenters. The summed E-state index contributed by atoms with van der Waals surface area (Å²) < 4.78 is 250. The highest BCUT2D eigenvalue weighted by atomic mass is 31.1. The molecule has 3 rings (SSSR count). The van der Waals surface area contributed by atoms with Gasteiger partial charge in [0.05, 0.1) is 33.4 Å². The van der Waals surface area contributed by atoms with Crippen LogP contribution >= 0.6 is 7.92 Å². The molecule has 0 saturated carbocycles. The van der Waals surface area contributed by atoms with Crippen LogP contribution in [0.3, 0.4) is 0 Å². The fourth-order valence-corrected chi connectivity index (χ4v) is 7.21. The van der Waals surface area contributed by atoms with E-state index in [4.69, 9.17) is 0 Å². The lowest BCUT2D eigenvalue weighted by atomic mass is 9.99. The van der Waals surface area contributed by atoms with E-state index in [-0.39, 0.29) is 17.7 Å². The topological polar surface area (TPSA) is 0 Å². The first kappa shape index (κ1) is 35.3. The summed E-state index contributed by atoms with van der Waals surface area (Å²) in [4.78, 5) is 0. The predicted octanol–water partition coefficient (Wildman–Crippen LogP) is 9.87. The Morgan fingerprint density at radius 2 is 0.682 bits per heavy atom. The first-order chi connectivity index (χ1) is 19.6. The molecule has 0 fully saturated rings. The van der Waals surface area contributed by atoms with Crippen LogP contribution in [0.1, 0.15) is 38.9 Å². The van der Waals surface area contributed by atoms with Crippen molar-refractivity contribution in [1.82, 2.24) is 0 Å². The maximum atomic E-state index is 14.3. The van der Waals surface area contributed by atoms with Crippen LogP contribution in [0, 0.1) is 6.92 Å². The number of halogens is 18. The molecule has 0 heterocycles. The maximum Gasteiger partial charge on any atom is 0.417 e. The second kappa shape index (κ2) is 11.0. The Labute approximate surface area is 235 Å². The highest BCUT2D eigenvalue weighted by molar-refractivity contribution is 7.80. The monoisotopic (exact) mass is 684 g/mol. The van der Waals surface area contributed by atoms with Gasteiger partial charge in [-0.3, -0.25) is 0 Å². The number of rotatable bonds is 3. The van der Waals surface area contributed by atoms with Crippen LogP contribution in [-0.2, 0) is 37.1 Å². The SMILES string of the molecule is Cc1ccccc1P(c1ccc(C(F)(F)F)c(C(F)(F)F)c1C(F)(F)F)c1ccc(C(F)(F)F)c(C(F)(F)F)c1C(F)(F)F. The zero-order valence-electron chi connectivity index (χ0n) is 20.9. The van der Waals surface area contributed by atoms with Crippen LogP contribution in [0.25, 0.3) is 0 Å². The van der Waals surface area contributed by atoms with Crippen LogP contribution in [-0.4, -0.2) is 0 Å². The third-order valence-corrected chi connectivity index (χ3v) is 8.64. The molecule has 0 N–H and O–H groups in total. The van der Waals surface area contributed by atoms with E-state index in [9.17, 15) is 79.0 Å². The molecule has 19 heteroatoms. The van der Waals surface area contributed by atoms with E-state index in [1.54, 1.807) is 0 Å². The van der Waals surface area contributed by atoms with Crippen molar-refractivity contribution in [3.8, 4) is 0 Å². The van der Waals surface area contributed by atoms with Crippen LogP contribution < -0.4 is 15.9 Å². The second-order valence-corrected chi connectivity index (χ2v) is 11.0. The van der Waals surface area contributed by atoms with Crippen molar-refractivity contribution in [3.63, 3.8) is 0 Å². The minimum atomic E-state index is -6.48. The minimum absolute atomic E-state index is 0.274. The number of alkyl halides is 18. The largest absolute Gasteiger partial charge is 0.417 e. The molecule has 0 radical (unpaired) electrons. The molecule has 0 amide bonds. The average Bonchev–Trinajstić information content (AvgIpc) is 2.81. The van der Waals surface area contributed by atoms with E-state index in [2.05, 4.69) is 0 Å². The van der Waals surface area contributed by atoms with Crippen molar-refractivity contribution in [2.75, 3.05) is 0 Å². The highest BCUT2D eigenvalue weighted by Gasteiger charge is 2.55. The van der Waals surface area contributed by atoms with Crippen LogP contribution in [0.2, 0.25) is 0 Å². The van der Waals surface area contributed by atoms with Gasteiger partial charge in [0, 0.05) is 0 Å².